The van der Waals surface area contributed by atoms with Crippen molar-refractivity contribution in [2.45, 2.75) is 6.42 Å². The molecule has 1 amide bonds. The molecule has 3 heterocycles. The molecular formula is C17H17N3O5. The second-order valence-electron chi connectivity index (χ2n) is 6.02. The van der Waals surface area contributed by atoms with Gasteiger partial charge in [-0.05, 0) is 11.6 Å². The fraction of sp³-hybridized carbons (Fsp3) is 0.353. The van der Waals surface area contributed by atoms with Crippen LogP contribution in [0.15, 0.2) is 35.1 Å². The maximum absolute atomic E-state index is 12.1. The number of hydrogen-bond donors (Lipinski definition) is 1. The largest absolute Gasteiger partial charge is 0.492 e. The first-order valence-corrected chi connectivity index (χ1v) is 8.11. The molecule has 1 saturated heterocycles. The summed E-state index contributed by atoms with van der Waals surface area (Å²) >= 11 is 0. The number of piperazine rings is 1. The van der Waals surface area contributed by atoms with Gasteiger partial charge in [0.15, 0.2) is 5.70 Å². The number of ether oxygens (including phenoxy) is 2. The summed E-state index contributed by atoms with van der Waals surface area (Å²) < 4.78 is 11.0. The summed E-state index contributed by atoms with van der Waals surface area (Å²) in [5, 5.41) is 8.97. The van der Waals surface area contributed by atoms with Crippen LogP contribution in [0, 0.1) is 0 Å². The van der Waals surface area contributed by atoms with Crippen LogP contribution in [-0.2, 0) is 16.0 Å². The van der Waals surface area contributed by atoms with Crippen LogP contribution in [0.4, 0.5) is 4.79 Å². The highest BCUT2D eigenvalue weighted by atomic mass is 16.6. The lowest BCUT2D eigenvalue weighted by Gasteiger charge is -2.32. The second-order valence-corrected chi connectivity index (χ2v) is 6.02. The number of aliphatic imine (C=N–C) groups is 1. The highest BCUT2D eigenvalue weighted by Crippen LogP contribution is 2.32. The van der Waals surface area contributed by atoms with E-state index in [2.05, 4.69) is 4.99 Å². The van der Waals surface area contributed by atoms with Gasteiger partial charge in [-0.25, -0.2) is 14.6 Å². The molecule has 1 fully saturated rings. The molecule has 3 aliphatic rings. The topological polar surface area (TPSA) is 91.7 Å². The van der Waals surface area contributed by atoms with E-state index in [0.717, 1.165) is 17.7 Å². The van der Waals surface area contributed by atoms with Crippen LogP contribution in [0.1, 0.15) is 11.1 Å². The Labute approximate surface area is 143 Å². The fourth-order valence-electron chi connectivity index (χ4n) is 3.11. The van der Waals surface area contributed by atoms with Crippen LogP contribution in [0.5, 0.6) is 5.75 Å². The third-order valence-corrected chi connectivity index (χ3v) is 4.45. The third-order valence-electron chi connectivity index (χ3n) is 4.45. The number of amides is 1. The molecule has 1 aromatic rings. The molecule has 0 aliphatic carbocycles. The monoisotopic (exact) mass is 343 g/mol. The summed E-state index contributed by atoms with van der Waals surface area (Å²) in [6.45, 7) is 2.43. The number of rotatable bonds is 2. The van der Waals surface area contributed by atoms with Gasteiger partial charge in [-0.2, -0.15) is 0 Å². The van der Waals surface area contributed by atoms with Crippen LogP contribution in [0.2, 0.25) is 0 Å². The zero-order valence-corrected chi connectivity index (χ0v) is 13.5. The van der Waals surface area contributed by atoms with E-state index in [-0.39, 0.29) is 11.6 Å². The van der Waals surface area contributed by atoms with E-state index in [1.54, 1.807) is 6.20 Å². The number of para-hydroxylation sites is 1. The standard InChI is InChI=1S/C17H17N3O5/c21-16-13(10-19-5-7-20(8-6-19)17(22)23)18-15(25-16)12-3-1-2-11-4-9-24-14(11)12/h1-3,10H,4-9H2,(H,22,23)/b13-10+. The molecule has 1 aromatic carbocycles. The molecule has 25 heavy (non-hydrogen) atoms. The Balaban J connectivity index is 1.53. The van der Waals surface area contributed by atoms with Gasteiger partial charge < -0.3 is 24.4 Å². The van der Waals surface area contributed by atoms with Gasteiger partial charge in [0.05, 0.1) is 12.2 Å². The normalized spacial score (nSPS) is 21.0. The molecule has 0 bridgehead atoms. The van der Waals surface area contributed by atoms with E-state index in [4.69, 9.17) is 14.6 Å². The maximum Gasteiger partial charge on any atom is 0.407 e. The SMILES string of the molecule is O=C1OC(c2cccc3c2OCC3)=N/C1=C/N1CCN(C(=O)O)CC1. The Bertz CT molecular complexity index is 793. The minimum atomic E-state index is -0.925. The number of carboxylic acid groups (broad SMARTS) is 1. The fourth-order valence-corrected chi connectivity index (χ4v) is 3.11. The smallest absolute Gasteiger partial charge is 0.407 e. The Kier molecular flexibility index (Phi) is 3.79. The summed E-state index contributed by atoms with van der Waals surface area (Å²) in [5.74, 6) is 0.468. The first-order chi connectivity index (χ1) is 12.1. The molecule has 8 heteroatoms. The first kappa shape index (κ1) is 15.5. The van der Waals surface area contributed by atoms with E-state index >= 15 is 0 Å². The highest BCUT2D eigenvalue weighted by Gasteiger charge is 2.29. The molecule has 4 rings (SSSR count). The van der Waals surface area contributed by atoms with Crippen molar-refractivity contribution >= 4 is 18.0 Å². The maximum atomic E-state index is 12.1. The van der Waals surface area contributed by atoms with Crippen LogP contribution in [0.25, 0.3) is 0 Å². The molecule has 0 atom stereocenters. The average molecular weight is 343 g/mol. The van der Waals surface area contributed by atoms with E-state index < -0.39 is 12.1 Å². The molecule has 130 valence electrons. The quantitative estimate of drug-likeness (QED) is 0.638. The van der Waals surface area contributed by atoms with Gasteiger partial charge in [0.1, 0.15) is 5.75 Å². The number of esters is 1. The Morgan fingerprint density at radius 3 is 2.80 bits per heavy atom. The van der Waals surface area contributed by atoms with Crippen molar-refractivity contribution in [3.8, 4) is 5.75 Å². The van der Waals surface area contributed by atoms with E-state index in [1.165, 1.54) is 4.90 Å². The van der Waals surface area contributed by atoms with Gasteiger partial charge in [0.2, 0.25) is 5.90 Å². The summed E-state index contributed by atoms with van der Waals surface area (Å²) in [6, 6.07) is 5.71. The number of fused-ring (bicyclic) bond motifs is 1. The molecule has 1 N–H and O–H groups in total. The predicted molar refractivity (Wildman–Crippen MR) is 87.5 cm³/mol. The summed E-state index contributed by atoms with van der Waals surface area (Å²) in [7, 11) is 0. The molecule has 0 radical (unpaired) electrons. The number of hydrogen-bond acceptors (Lipinski definition) is 6. The Morgan fingerprint density at radius 2 is 2.04 bits per heavy atom. The number of cyclic esters (lactones) is 1. The lowest BCUT2D eigenvalue weighted by molar-refractivity contribution is -0.130. The lowest BCUT2D eigenvalue weighted by Crippen LogP contribution is -2.46. The van der Waals surface area contributed by atoms with Crippen LogP contribution >= 0.6 is 0 Å². The molecule has 0 aromatic heterocycles. The van der Waals surface area contributed by atoms with E-state index in [1.807, 2.05) is 23.1 Å². The van der Waals surface area contributed by atoms with Crippen molar-refractivity contribution in [3.05, 3.63) is 41.2 Å². The van der Waals surface area contributed by atoms with Gasteiger partial charge in [-0.15, -0.1) is 0 Å². The number of carbonyl (C=O) groups is 2. The van der Waals surface area contributed by atoms with Gasteiger partial charge in [0, 0.05) is 38.8 Å². The first-order valence-electron chi connectivity index (χ1n) is 8.11. The molecule has 0 saturated carbocycles. The zero-order valence-electron chi connectivity index (χ0n) is 13.5. The van der Waals surface area contributed by atoms with Crippen LogP contribution in [0.3, 0.4) is 0 Å². The average Bonchev–Trinajstić information content (AvgIpc) is 3.22. The lowest BCUT2D eigenvalue weighted by atomic mass is 10.1. The minimum absolute atomic E-state index is 0.217. The van der Waals surface area contributed by atoms with Gasteiger partial charge in [0.25, 0.3) is 0 Å². The Morgan fingerprint density at radius 1 is 1.24 bits per heavy atom. The number of carbonyl (C=O) groups excluding carboxylic acids is 1. The Hall–Kier alpha value is -3.03. The number of nitrogens with zero attached hydrogens (tertiary/aromatic N) is 3. The molecule has 0 unspecified atom stereocenters. The summed E-state index contributed by atoms with van der Waals surface area (Å²) in [6.07, 6.45) is 1.55. The molecule has 0 spiro atoms. The summed E-state index contributed by atoms with van der Waals surface area (Å²) in [5.41, 5.74) is 1.98. The van der Waals surface area contributed by atoms with Crippen molar-refractivity contribution < 1.29 is 24.2 Å². The van der Waals surface area contributed by atoms with Crippen molar-refractivity contribution in [3.63, 3.8) is 0 Å². The van der Waals surface area contributed by atoms with Crippen molar-refractivity contribution in [1.29, 1.82) is 0 Å². The second kappa shape index (κ2) is 6.12. The van der Waals surface area contributed by atoms with Crippen molar-refractivity contribution in [1.82, 2.24) is 9.80 Å². The van der Waals surface area contributed by atoms with Gasteiger partial charge in [-0.1, -0.05) is 12.1 Å². The van der Waals surface area contributed by atoms with Crippen LogP contribution in [-0.4, -0.2) is 65.7 Å². The van der Waals surface area contributed by atoms with Crippen molar-refractivity contribution in [2.24, 2.45) is 4.99 Å². The predicted octanol–water partition coefficient (Wildman–Crippen LogP) is 1.06. The van der Waals surface area contributed by atoms with Crippen LogP contribution < -0.4 is 4.74 Å². The molecular weight excluding hydrogens is 326 g/mol. The number of benzene rings is 1. The van der Waals surface area contributed by atoms with Crippen molar-refractivity contribution in [2.75, 3.05) is 32.8 Å². The summed E-state index contributed by atoms with van der Waals surface area (Å²) in [4.78, 5) is 30.6. The third kappa shape index (κ3) is 2.90. The molecule has 3 aliphatic heterocycles. The van der Waals surface area contributed by atoms with Gasteiger partial charge in [-0.3, -0.25) is 0 Å². The zero-order chi connectivity index (χ0) is 17.4. The minimum Gasteiger partial charge on any atom is -0.492 e. The highest BCUT2D eigenvalue weighted by molar-refractivity contribution is 6.12. The van der Waals surface area contributed by atoms with Gasteiger partial charge >= 0.3 is 12.1 Å². The molecule has 8 nitrogen and oxygen atoms in total. The van der Waals surface area contributed by atoms with E-state index in [0.29, 0.717) is 38.3 Å². The van der Waals surface area contributed by atoms with E-state index in [9.17, 15) is 9.59 Å².